The summed E-state index contributed by atoms with van der Waals surface area (Å²) < 4.78 is 0. The first-order valence-electron chi connectivity index (χ1n) is 5.86. The molecule has 2 heterocycles. The third-order valence-corrected chi connectivity index (χ3v) is 2.72. The third kappa shape index (κ3) is 3.64. The molecule has 0 aliphatic heterocycles. The van der Waals surface area contributed by atoms with Gasteiger partial charge in [-0.15, -0.1) is 0 Å². The molecular weight excluding hydrogens is 210 g/mol. The lowest BCUT2D eigenvalue weighted by atomic mass is 10.2. The van der Waals surface area contributed by atoms with Gasteiger partial charge in [0.25, 0.3) is 0 Å². The quantitative estimate of drug-likeness (QED) is 0.795. The van der Waals surface area contributed by atoms with Gasteiger partial charge in [0.1, 0.15) is 0 Å². The van der Waals surface area contributed by atoms with Crippen molar-refractivity contribution in [2.45, 2.75) is 19.9 Å². The molecule has 0 bridgehead atoms. The maximum atomic E-state index is 4.35. The molecule has 0 amide bonds. The van der Waals surface area contributed by atoms with Crippen LogP contribution >= 0.6 is 0 Å². The zero-order valence-corrected chi connectivity index (χ0v) is 10.1. The predicted octanol–water partition coefficient (Wildman–Crippen LogP) is 2.12. The number of pyridine rings is 2. The number of nitrogens with zero attached hydrogens (tertiary/aromatic N) is 2. The van der Waals surface area contributed by atoms with Crippen molar-refractivity contribution in [3.8, 4) is 0 Å². The van der Waals surface area contributed by atoms with E-state index in [0.717, 1.165) is 25.2 Å². The summed E-state index contributed by atoms with van der Waals surface area (Å²) in [5.74, 6) is 0. The number of hydrogen-bond acceptors (Lipinski definition) is 3. The molecule has 0 aliphatic rings. The molecule has 0 aliphatic carbocycles. The van der Waals surface area contributed by atoms with E-state index in [2.05, 4.69) is 34.3 Å². The molecule has 0 aromatic carbocycles. The number of hydrogen-bond donors (Lipinski definition) is 1. The van der Waals surface area contributed by atoms with E-state index >= 15 is 0 Å². The Morgan fingerprint density at radius 2 is 2.06 bits per heavy atom. The van der Waals surface area contributed by atoms with Crippen molar-refractivity contribution in [1.29, 1.82) is 0 Å². The van der Waals surface area contributed by atoms with Gasteiger partial charge in [-0.2, -0.15) is 0 Å². The Hall–Kier alpha value is -1.74. The Kier molecular flexibility index (Phi) is 4.22. The van der Waals surface area contributed by atoms with Crippen LogP contribution in [-0.4, -0.2) is 16.5 Å². The highest BCUT2D eigenvalue weighted by Crippen LogP contribution is 2.02. The number of nitrogens with one attached hydrogen (secondary N) is 1. The standard InChI is InChI=1S/C14H17N3/c1-12-4-2-8-17-14(12)11-16-9-6-13-5-3-7-15-10-13/h2-5,7-8,10,16H,6,9,11H2,1H3. The SMILES string of the molecule is Cc1cccnc1CNCCc1cccnc1. The highest BCUT2D eigenvalue weighted by molar-refractivity contribution is 5.17. The van der Waals surface area contributed by atoms with Crippen LogP contribution in [0.4, 0.5) is 0 Å². The number of rotatable bonds is 5. The lowest BCUT2D eigenvalue weighted by molar-refractivity contribution is 0.671. The topological polar surface area (TPSA) is 37.8 Å². The molecule has 0 unspecified atom stereocenters. The van der Waals surface area contributed by atoms with Gasteiger partial charge in [-0.05, 0) is 43.1 Å². The molecular formula is C14H17N3. The van der Waals surface area contributed by atoms with Gasteiger partial charge >= 0.3 is 0 Å². The third-order valence-electron chi connectivity index (χ3n) is 2.72. The summed E-state index contributed by atoms with van der Waals surface area (Å²) in [6, 6.07) is 8.12. The van der Waals surface area contributed by atoms with Gasteiger partial charge in [0.2, 0.25) is 0 Å². The maximum Gasteiger partial charge on any atom is 0.0570 e. The number of aromatic nitrogens is 2. The van der Waals surface area contributed by atoms with Crippen LogP contribution in [0.2, 0.25) is 0 Å². The van der Waals surface area contributed by atoms with Crippen LogP contribution in [0.3, 0.4) is 0 Å². The molecule has 2 aromatic heterocycles. The monoisotopic (exact) mass is 227 g/mol. The lowest BCUT2D eigenvalue weighted by Gasteiger charge is -2.06. The van der Waals surface area contributed by atoms with E-state index < -0.39 is 0 Å². The van der Waals surface area contributed by atoms with Crippen molar-refractivity contribution < 1.29 is 0 Å². The predicted molar refractivity (Wildman–Crippen MR) is 68.6 cm³/mol. The minimum absolute atomic E-state index is 0.826. The minimum Gasteiger partial charge on any atom is -0.311 e. The van der Waals surface area contributed by atoms with Crippen LogP contribution in [-0.2, 0) is 13.0 Å². The molecule has 3 heteroatoms. The lowest BCUT2D eigenvalue weighted by Crippen LogP contribution is -2.18. The molecule has 0 saturated heterocycles. The van der Waals surface area contributed by atoms with Crippen molar-refractivity contribution >= 4 is 0 Å². The highest BCUT2D eigenvalue weighted by atomic mass is 14.9. The average Bonchev–Trinajstić information content (AvgIpc) is 2.38. The Morgan fingerprint density at radius 1 is 1.18 bits per heavy atom. The van der Waals surface area contributed by atoms with Crippen LogP contribution < -0.4 is 5.32 Å². The largest absolute Gasteiger partial charge is 0.311 e. The van der Waals surface area contributed by atoms with E-state index in [1.54, 1.807) is 6.20 Å². The minimum atomic E-state index is 0.826. The molecule has 17 heavy (non-hydrogen) atoms. The van der Waals surface area contributed by atoms with Crippen LogP contribution in [0.15, 0.2) is 42.9 Å². The van der Waals surface area contributed by atoms with Crippen LogP contribution in [0.1, 0.15) is 16.8 Å². The van der Waals surface area contributed by atoms with E-state index in [1.807, 2.05) is 24.5 Å². The fourth-order valence-electron chi connectivity index (χ4n) is 1.69. The summed E-state index contributed by atoms with van der Waals surface area (Å²) in [7, 11) is 0. The smallest absolute Gasteiger partial charge is 0.0570 e. The van der Waals surface area contributed by atoms with Gasteiger partial charge in [-0.25, -0.2) is 0 Å². The molecule has 88 valence electrons. The van der Waals surface area contributed by atoms with Crippen molar-refractivity contribution in [3.05, 3.63) is 59.7 Å². The van der Waals surface area contributed by atoms with Gasteiger partial charge < -0.3 is 5.32 Å². The normalized spacial score (nSPS) is 10.4. The highest BCUT2D eigenvalue weighted by Gasteiger charge is 1.98. The van der Waals surface area contributed by atoms with E-state index in [-0.39, 0.29) is 0 Å². The molecule has 0 radical (unpaired) electrons. The van der Waals surface area contributed by atoms with Crippen molar-refractivity contribution in [2.24, 2.45) is 0 Å². The van der Waals surface area contributed by atoms with Crippen molar-refractivity contribution in [3.63, 3.8) is 0 Å². The van der Waals surface area contributed by atoms with Gasteiger partial charge in [0, 0.05) is 25.1 Å². The molecule has 2 aromatic rings. The summed E-state index contributed by atoms with van der Waals surface area (Å²) in [5.41, 5.74) is 3.62. The van der Waals surface area contributed by atoms with Crippen LogP contribution in [0, 0.1) is 6.92 Å². The van der Waals surface area contributed by atoms with E-state index in [4.69, 9.17) is 0 Å². The fourth-order valence-corrected chi connectivity index (χ4v) is 1.69. The summed E-state index contributed by atoms with van der Waals surface area (Å²) >= 11 is 0. The summed E-state index contributed by atoms with van der Waals surface area (Å²) in [6.45, 7) is 3.86. The van der Waals surface area contributed by atoms with Crippen molar-refractivity contribution in [1.82, 2.24) is 15.3 Å². The zero-order valence-electron chi connectivity index (χ0n) is 10.1. The second-order valence-corrected chi connectivity index (χ2v) is 4.06. The van der Waals surface area contributed by atoms with Gasteiger partial charge in [-0.1, -0.05) is 12.1 Å². The maximum absolute atomic E-state index is 4.35. The number of aryl methyl sites for hydroxylation is 1. The Bertz CT molecular complexity index is 454. The molecule has 2 rings (SSSR count). The summed E-state index contributed by atoms with van der Waals surface area (Å²) in [6.07, 6.45) is 6.55. The first-order chi connectivity index (χ1) is 8.36. The Balaban J connectivity index is 1.76. The van der Waals surface area contributed by atoms with Crippen molar-refractivity contribution in [2.75, 3.05) is 6.54 Å². The molecule has 0 saturated carbocycles. The molecule has 0 fully saturated rings. The van der Waals surface area contributed by atoms with Crippen LogP contribution in [0.25, 0.3) is 0 Å². The van der Waals surface area contributed by atoms with Gasteiger partial charge in [-0.3, -0.25) is 9.97 Å². The average molecular weight is 227 g/mol. The first kappa shape index (κ1) is 11.7. The van der Waals surface area contributed by atoms with Gasteiger partial charge in [0.15, 0.2) is 0 Å². The molecule has 1 N–H and O–H groups in total. The first-order valence-corrected chi connectivity index (χ1v) is 5.86. The van der Waals surface area contributed by atoms with Crippen LogP contribution in [0.5, 0.6) is 0 Å². The Labute approximate surface area is 102 Å². The van der Waals surface area contributed by atoms with E-state index in [1.165, 1.54) is 11.1 Å². The summed E-state index contributed by atoms with van der Waals surface area (Å²) in [5, 5.41) is 3.40. The van der Waals surface area contributed by atoms with Gasteiger partial charge in [0.05, 0.1) is 5.69 Å². The van der Waals surface area contributed by atoms with E-state index in [9.17, 15) is 0 Å². The Morgan fingerprint density at radius 3 is 2.82 bits per heavy atom. The zero-order chi connectivity index (χ0) is 11.9. The van der Waals surface area contributed by atoms with E-state index in [0.29, 0.717) is 0 Å². The molecule has 3 nitrogen and oxygen atoms in total. The molecule has 0 spiro atoms. The second-order valence-electron chi connectivity index (χ2n) is 4.06. The fraction of sp³-hybridized carbons (Fsp3) is 0.286. The second kappa shape index (κ2) is 6.11. The molecule has 0 atom stereocenters. The summed E-state index contributed by atoms with van der Waals surface area (Å²) in [4.78, 5) is 8.44.